The van der Waals surface area contributed by atoms with Gasteiger partial charge < -0.3 is 0 Å². The Kier molecular flexibility index (Phi) is 2.18. The molecule has 0 aromatic heterocycles. The van der Waals surface area contributed by atoms with Crippen LogP contribution in [0.3, 0.4) is 0 Å². The highest BCUT2D eigenvalue weighted by molar-refractivity contribution is 6.20. The second kappa shape index (κ2) is 2.72. The molecule has 0 aromatic rings. The van der Waals surface area contributed by atoms with Gasteiger partial charge in [-0.05, 0) is 31.6 Å². The Hall–Kier alpha value is 0.290. The highest BCUT2D eigenvalue weighted by atomic mass is 35.5. The zero-order valence-corrected chi connectivity index (χ0v) is 6.12. The van der Waals surface area contributed by atoms with Gasteiger partial charge in [-0.15, -0.1) is 11.6 Å². The van der Waals surface area contributed by atoms with E-state index in [-0.39, 0.29) is 0 Å². The van der Waals surface area contributed by atoms with Gasteiger partial charge in [0, 0.05) is 5.38 Å². The summed E-state index contributed by atoms with van der Waals surface area (Å²) in [7, 11) is 0. The van der Waals surface area contributed by atoms with Crippen LogP contribution in [-0.2, 0) is 0 Å². The Morgan fingerprint density at radius 3 is 2.00 bits per heavy atom. The number of halogens is 1. The van der Waals surface area contributed by atoms with Crippen LogP contribution in [0.1, 0.15) is 32.6 Å². The summed E-state index contributed by atoms with van der Waals surface area (Å²) in [6.45, 7) is 2.31. The van der Waals surface area contributed by atoms with E-state index in [1.807, 2.05) is 0 Å². The van der Waals surface area contributed by atoms with Crippen molar-refractivity contribution < 1.29 is 0 Å². The van der Waals surface area contributed by atoms with E-state index in [1.54, 1.807) is 0 Å². The molecule has 1 heteroatoms. The summed E-state index contributed by atoms with van der Waals surface area (Å²) in [6, 6.07) is 0. The molecule has 0 nitrogen and oxygen atoms in total. The second-order valence-electron chi connectivity index (χ2n) is 2.86. The van der Waals surface area contributed by atoms with Gasteiger partial charge in [-0.3, -0.25) is 0 Å². The largest absolute Gasteiger partial charge is 0.123 e. The molecule has 1 aliphatic carbocycles. The lowest BCUT2D eigenvalue weighted by atomic mass is 9.91. The number of rotatable bonds is 0. The summed E-state index contributed by atoms with van der Waals surface area (Å²) in [4.78, 5) is 0. The van der Waals surface area contributed by atoms with E-state index in [1.165, 1.54) is 25.7 Å². The first-order valence-electron chi connectivity index (χ1n) is 3.43. The van der Waals surface area contributed by atoms with Gasteiger partial charge >= 0.3 is 0 Å². The minimum atomic E-state index is 0.492. The first kappa shape index (κ1) is 6.41. The van der Waals surface area contributed by atoms with Gasteiger partial charge in [-0.2, -0.15) is 0 Å². The van der Waals surface area contributed by atoms with Crippen LogP contribution < -0.4 is 0 Å². The van der Waals surface area contributed by atoms with Gasteiger partial charge in [0.2, 0.25) is 0 Å². The van der Waals surface area contributed by atoms with Crippen LogP contribution in [0, 0.1) is 5.92 Å². The van der Waals surface area contributed by atoms with Gasteiger partial charge in [0.05, 0.1) is 0 Å². The molecular weight excluding hydrogens is 120 g/mol. The van der Waals surface area contributed by atoms with Gasteiger partial charge in [0.25, 0.3) is 0 Å². The lowest BCUT2D eigenvalue weighted by Crippen LogP contribution is -2.11. The van der Waals surface area contributed by atoms with E-state index in [9.17, 15) is 0 Å². The summed E-state index contributed by atoms with van der Waals surface area (Å²) in [5, 5.41) is 0.492. The van der Waals surface area contributed by atoms with Crippen LogP contribution in [0.15, 0.2) is 0 Å². The molecule has 0 N–H and O–H groups in total. The summed E-state index contributed by atoms with van der Waals surface area (Å²) in [5.41, 5.74) is 0. The number of hydrogen-bond acceptors (Lipinski definition) is 0. The predicted molar refractivity (Wildman–Crippen MR) is 37.3 cm³/mol. The molecule has 1 saturated carbocycles. The van der Waals surface area contributed by atoms with Crippen molar-refractivity contribution in [2.45, 2.75) is 38.0 Å². The number of hydrogen-bond donors (Lipinski definition) is 0. The van der Waals surface area contributed by atoms with E-state index in [0.29, 0.717) is 5.38 Å². The maximum Gasteiger partial charge on any atom is 0.0336 e. The molecule has 1 rings (SSSR count). The van der Waals surface area contributed by atoms with Crippen LogP contribution in [0.25, 0.3) is 0 Å². The summed E-state index contributed by atoms with van der Waals surface area (Å²) >= 11 is 5.88. The first-order valence-corrected chi connectivity index (χ1v) is 3.86. The maximum atomic E-state index is 5.88. The van der Waals surface area contributed by atoms with Crippen molar-refractivity contribution in [2.24, 2.45) is 5.92 Å². The van der Waals surface area contributed by atoms with E-state index in [0.717, 1.165) is 5.92 Å². The molecule has 0 saturated heterocycles. The van der Waals surface area contributed by atoms with Gasteiger partial charge in [-0.25, -0.2) is 0 Å². The molecule has 1 aliphatic rings. The molecule has 1 fully saturated rings. The normalized spacial score (nSPS) is 39.8. The average Bonchev–Trinajstić information content (AvgIpc) is 1.77. The summed E-state index contributed by atoms with van der Waals surface area (Å²) in [5.74, 6) is 0.935. The molecule has 0 unspecified atom stereocenters. The fourth-order valence-electron chi connectivity index (χ4n) is 1.22. The quantitative estimate of drug-likeness (QED) is 0.445. The highest BCUT2D eigenvalue weighted by Gasteiger charge is 2.14. The molecule has 0 aliphatic heterocycles. The Bertz CT molecular complexity index is 52.8. The van der Waals surface area contributed by atoms with Crippen molar-refractivity contribution in [2.75, 3.05) is 0 Å². The molecule has 48 valence electrons. The molecule has 0 heterocycles. The average molecular weight is 133 g/mol. The standard InChI is InChI=1S/C7H13Cl/c1-6-2-4-7(8)5-3-6/h6-7H,2-5H2,1H3. The highest BCUT2D eigenvalue weighted by Crippen LogP contribution is 2.26. The van der Waals surface area contributed by atoms with Gasteiger partial charge in [-0.1, -0.05) is 6.92 Å². The smallest absolute Gasteiger partial charge is 0.0336 e. The van der Waals surface area contributed by atoms with Crippen LogP contribution >= 0.6 is 11.6 Å². The van der Waals surface area contributed by atoms with E-state index in [2.05, 4.69) is 6.92 Å². The van der Waals surface area contributed by atoms with Gasteiger partial charge in [0.15, 0.2) is 0 Å². The maximum absolute atomic E-state index is 5.88. The third kappa shape index (κ3) is 1.66. The molecule has 0 amide bonds. The zero-order valence-electron chi connectivity index (χ0n) is 5.36. The van der Waals surface area contributed by atoms with Crippen molar-refractivity contribution in [1.29, 1.82) is 0 Å². The SMILES string of the molecule is CC1CCC(Cl)CC1. The molecule has 0 radical (unpaired) electrons. The fourth-order valence-corrected chi connectivity index (χ4v) is 1.47. The molecule has 0 bridgehead atoms. The molecular formula is C7H13Cl. The Labute approximate surface area is 56.2 Å². The lowest BCUT2D eigenvalue weighted by Gasteiger charge is -2.20. The second-order valence-corrected chi connectivity index (χ2v) is 3.47. The van der Waals surface area contributed by atoms with E-state index >= 15 is 0 Å². The molecule has 0 spiro atoms. The Balaban J connectivity index is 2.19. The van der Waals surface area contributed by atoms with Crippen LogP contribution in [-0.4, -0.2) is 5.38 Å². The Morgan fingerprint density at radius 1 is 1.12 bits per heavy atom. The van der Waals surface area contributed by atoms with Crippen LogP contribution in [0.2, 0.25) is 0 Å². The minimum absolute atomic E-state index is 0.492. The third-order valence-corrected chi connectivity index (χ3v) is 2.38. The first-order chi connectivity index (χ1) is 3.79. The predicted octanol–water partition coefficient (Wildman–Crippen LogP) is 2.80. The molecule has 0 aromatic carbocycles. The topological polar surface area (TPSA) is 0 Å². The van der Waals surface area contributed by atoms with Crippen LogP contribution in [0.5, 0.6) is 0 Å². The molecule has 0 atom stereocenters. The lowest BCUT2D eigenvalue weighted by molar-refractivity contribution is 0.390. The molecule has 8 heavy (non-hydrogen) atoms. The van der Waals surface area contributed by atoms with Crippen molar-refractivity contribution in [3.05, 3.63) is 0 Å². The van der Waals surface area contributed by atoms with Crippen molar-refractivity contribution >= 4 is 11.6 Å². The van der Waals surface area contributed by atoms with Crippen molar-refractivity contribution in [3.63, 3.8) is 0 Å². The number of alkyl halides is 1. The Morgan fingerprint density at radius 2 is 1.62 bits per heavy atom. The van der Waals surface area contributed by atoms with Crippen molar-refractivity contribution in [3.8, 4) is 0 Å². The third-order valence-electron chi connectivity index (χ3n) is 1.95. The summed E-state index contributed by atoms with van der Waals surface area (Å²) < 4.78 is 0. The van der Waals surface area contributed by atoms with E-state index < -0.39 is 0 Å². The fraction of sp³-hybridized carbons (Fsp3) is 1.00. The summed E-state index contributed by atoms with van der Waals surface area (Å²) in [6.07, 6.45) is 5.16. The monoisotopic (exact) mass is 132 g/mol. The van der Waals surface area contributed by atoms with E-state index in [4.69, 9.17) is 11.6 Å². The van der Waals surface area contributed by atoms with Gasteiger partial charge in [0.1, 0.15) is 0 Å². The minimum Gasteiger partial charge on any atom is -0.123 e. The van der Waals surface area contributed by atoms with Crippen molar-refractivity contribution in [1.82, 2.24) is 0 Å². The van der Waals surface area contributed by atoms with Crippen LogP contribution in [0.4, 0.5) is 0 Å². The zero-order chi connectivity index (χ0) is 5.98.